The van der Waals surface area contributed by atoms with Crippen molar-refractivity contribution in [1.82, 2.24) is 10.2 Å². The fraction of sp³-hybridized carbons (Fsp3) is 0.424. The fourth-order valence-electron chi connectivity index (χ4n) is 5.99. The number of thioether (sulfide) groups is 1. The van der Waals surface area contributed by atoms with Crippen molar-refractivity contribution in [2.45, 2.75) is 63.0 Å². The van der Waals surface area contributed by atoms with Crippen LogP contribution in [0.2, 0.25) is 0 Å². The zero-order chi connectivity index (χ0) is 28.4. The van der Waals surface area contributed by atoms with Gasteiger partial charge in [-0.05, 0) is 54.4 Å². The molecule has 7 nitrogen and oxygen atoms in total. The summed E-state index contributed by atoms with van der Waals surface area (Å²) in [6.45, 7) is 0.660. The Morgan fingerprint density at radius 1 is 0.927 bits per heavy atom. The first kappa shape index (κ1) is 29.0. The van der Waals surface area contributed by atoms with Crippen LogP contribution >= 0.6 is 11.8 Å². The molecule has 2 heterocycles. The van der Waals surface area contributed by atoms with E-state index in [9.17, 15) is 14.4 Å². The van der Waals surface area contributed by atoms with Crippen LogP contribution in [0, 0.1) is 11.8 Å². The number of nitrogens with zero attached hydrogens (tertiary/aromatic N) is 1. The van der Waals surface area contributed by atoms with Gasteiger partial charge < -0.3 is 14.5 Å². The highest BCUT2D eigenvalue weighted by molar-refractivity contribution is 7.99. The lowest BCUT2D eigenvalue weighted by Gasteiger charge is -2.45. The Hall–Kier alpha value is -3.52. The van der Waals surface area contributed by atoms with E-state index in [-0.39, 0.29) is 24.1 Å². The molecule has 2 aromatic carbocycles. The minimum atomic E-state index is -0.694. The van der Waals surface area contributed by atoms with Gasteiger partial charge in [-0.1, -0.05) is 79.9 Å². The van der Waals surface area contributed by atoms with E-state index >= 15 is 0 Å². The number of likely N-dealkylation sites (tertiary alicyclic amines) is 1. The van der Waals surface area contributed by atoms with Crippen LogP contribution in [0.4, 0.5) is 4.79 Å². The standard InChI is InChI=1S/C33H38N2O5S/c36-31(23-41-22-28-16-9-17-39-28)29(18-24-10-3-1-4-11-24)34-32(37)30-19-26-14-7-8-15-27(26)20-35(30)33(38)40-21-25-12-5-2-6-13-25/h1-6,9-13,16-17,26-27,29-30H,7-8,14-15,18-23H2,(H,34,37)/t26?,27?,29-,30-/m0/s1. The van der Waals surface area contributed by atoms with E-state index in [2.05, 4.69) is 5.32 Å². The number of carbonyl (C=O) groups excluding carboxylic acids is 3. The third-order valence-corrected chi connectivity index (χ3v) is 9.18. The highest BCUT2D eigenvalue weighted by Crippen LogP contribution is 2.39. The number of Topliss-reactive ketones (excluding diaryl/α,β-unsaturated/α-hetero) is 1. The minimum Gasteiger partial charge on any atom is -0.468 e. The molecule has 1 N–H and O–H groups in total. The quantitative estimate of drug-likeness (QED) is 0.301. The van der Waals surface area contributed by atoms with Gasteiger partial charge in [0.25, 0.3) is 0 Å². The number of rotatable bonds is 11. The molecule has 1 saturated carbocycles. The molecule has 1 aliphatic carbocycles. The van der Waals surface area contributed by atoms with E-state index in [4.69, 9.17) is 9.15 Å². The first-order chi connectivity index (χ1) is 20.1. The van der Waals surface area contributed by atoms with Crippen LogP contribution in [0.3, 0.4) is 0 Å². The molecular weight excluding hydrogens is 536 g/mol. The zero-order valence-corrected chi connectivity index (χ0v) is 24.1. The number of nitrogens with one attached hydrogen (secondary N) is 1. The van der Waals surface area contributed by atoms with Crippen molar-refractivity contribution in [2.75, 3.05) is 12.3 Å². The molecule has 2 amide bonds. The first-order valence-electron chi connectivity index (χ1n) is 14.5. The zero-order valence-electron chi connectivity index (χ0n) is 23.3. The number of piperidine rings is 1. The summed E-state index contributed by atoms with van der Waals surface area (Å²) >= 11 is 1.47. The van der Waals surface area contributed by atoms with E-state index < -0.39 is 18.2 Å². The lowest BCUT2D eigenvalue weighted by atomic mass is 9.73. The Labute approximate surface area is 246 Å². The van der Waals surface area contributed by atoms with Crippen LogP contribution in [0.15, 0.2) is 83.5 Å². The van der Waals surface area contributed by atoms with Gasteiger partial charge in [-0.2, -0.15) is 0 Å². The summed E-state index contributed by atoms with van der Waals surface area (Å²) in [5.74, 6) is 2.06. The van der Waals surface area contributed by atoms with Gasteiger partial charge in [0.1, 0.15) is 18.4 Å². The smallest absolute Gasteiger partial charge is 0.410 e. The molecule has 4 atom stereocenters. The lowest BCUT2D eigenvalue weighted by molar-refractivity contribution is -0.132. The number of furan rings is 1. The predicted octanol–water partition coefficient (Wildman–Crippen LogP) is 6.03. The summed E-state index contributed by atoms with van der Waals surface area (Å²) in [7, 11) is 0. The molecule has 0 radical (unpaired) electrons. The maximum atomic E-state index is 13.9. The molecule has 2 unspecified atom stereocenters. The predicted molar refractivity (Wildman–Crippen MR) is 159 cm³/mol. The van der Waals surface area contributed by atoms with Gasteiger partial charge in [0.15, 0.2) is 5.78 Å². The topological polar surface area (TPSA) is 88.9 Å². The van der Waals surface area contributed by atoms with Crippen molar-refractivity contribution in [3.8, 4) is 0 Å². The molecule has 5 rings (SSSR count). The number of benzene rings is 2. The Kier molecular flexibility index (Phi) is 10.2. The first-order valence-corrected chi connectivity index (χ1v) is 15.7. The second-order valence-electron chi connectivity index (χ2n) is 11.0. The lowest BCUT2D eigenvalue weighted by Crippen LogP contribution is -2.59. The Balaban J connectivity index is 1.29. The molecule has 2 aliphatic rings. The molecule has 0 spiro atoms. The molecule has 3 aromatic rings. The van der Waals surface area contributed by atoms with Crippen LogP contribution in [-0.2, 0) is 33.1 Å². The molecule has 1 saturated heterocycles. The summed E-state index contributed by atoms with van der Waals surface area (Å²) in [5.41, 5.74) is 1.87. The van der Waals surface area contributed by atoms with Crippen LogP contribution in [0.1, 0.15) is 49.0 Å². The minimum absolute atomic E-state index is 0.0525. The molecule has 1 aromatic heterocycles. The molecule has 1 aliphatic heterocycles. The average Bonchev–Trinajstić information content (AvgIpc) is 3.53. The molecule has 8 heteroatoms. The Morgan fingerprint density at radius 3 is 2.34 bits per heavy atom. The normalized spacial score (nSPS) is 21.0. The molecular formula is C33H38N2O5S. The highest BCUT2D eigenvalue weighted by atomic mass is 32.2. The van der Waals surface area contributed by atoms with E-state index in [1.54, 1.807) is 11.2 Å². The van der Waals surface area contributed by atoms with Gasteiger partial charge in [-0.3, -0.25) is 14.5 Å². The maximum absolute atomic E-state index is 13.9. The third kappa shape index (κ3) is 8.03. The van der Waals surface area contributed by atoms with Gasteiger partial charge >= 0.3 is 6.09 Å². The largest absolute Gasteiger partial charge is 0.468 e. The molecule has 0 bridgehead atoms. The number of hydrogen-bond acceptors (Lipinski definition) is 6. The van der Waals surface area contributed by atoms with Gasteiger partial charge in [0.2, 0.25) is 5.91 Å². The second kappa shape index (κ2) is 14.4. The summed E-state index contributed by atoms with van der Waals surface area (Å²) < 4.78 is 11.1. The van der Waals surface area contributed by atoms with Crippen molar-refractivity contribution < 1.29 is 23.5 Å². The number of ketones is 1. The van der Waals surface area contributed by atoms with E-state index in [1.807, 2.05) is 72.8 Å². The van der Waals surface area contributed by atoms with Crippen molar-refractivity contribution >= 4 is 29.5 Å². The van der Waals surface area contributed by atoms with Gasteiger partial charge in [0, 0.05) is 6.54 Å². The maximum Gasteiger partial charge on any atom is 0.410 e. The molecule has 2 fully saturated rings. The summed E-state index contributed by atoms with van der Waals surface area (Å²) in [6.07, 6.45) is 6.55. The summed E-state index contributed by atoms with van der Waals surface area (Å²) in [5, 5.41) is 3.06. The number of carbonyl (C=O) groups is 3. The summed E-state index contributed by atoms with van der Waals surface area (Å²) in [6, 6.07) is 21.6. The van der Waals surface area contributed by atoms with Crippen molar-refractivity contribution in [3.05, 3.63) is 95.9 Å². The van der Waals surface area contributed by atoms with E-state index in [0.717, 1.165) is 42.6 Å². The molecule has 216 valence electrons. The number of ether oxygens (including phenoxy) is 1. The summed E-state index contributed by atoms with van der Waals surface area (Å²) in [4.78, 5) is 42.3. The SMILES string of the molecule is O=C(CSCc1ccco1)[C@H](Cc1ccccc1)NC(=O)[C@@H]1CC2CCCCC2CN1C(=O)OCc1ccccc1. The average molecular weight is 575 g/mol. The highest BCUT2D eigenvalue weighted by Gasteiger charge is 2.43. The number of amides is 2. The van der Waals surface area contributed by atoms with Crippen LogP contribution in [0.5, 0.6) is 0 Å². The van der Waals surface area contributed by atoms with E-state index in [1.165, 1.54) is 11.8 Å². The van der Waals surface area contributed by atoms with Crippen LogP contribution in [0.25, 0.3) is 0 Å². The number of hydrogen-bond donors (Lipinski definition) is 1. The monoisotopic (exact) mass is 574 g/mol. The van der Waals surface area contributed by atoms with Crippen LogP contribution in [-0.4, -0.2) is 47.1 Å². The Morgan fingerprint density at radius 2 is 1.63 bits per heavy atom. The fourth-order valence-corrected chi connectivity index (χ4v) is 6.86. The van der Waals surface area contributed by atoms with Crippen LogP contribution < -0.4 is 5.32 Å². The van der Waals surface area contributed by atoms with Crippen molar-refractivity contribution in [2.24, 2.45) is 11.8 Å². The Bertz CT molecular complexity index is 1270. The van der Waals surface area contributed by atoms with Crippen molar-refractivity contribution in [1.29, 1.82) is 0 Å². The van der Waals surface area contributed by atoms with Gasteiger partial charge in [-0.25, -0.2) is 4.79 Å². The van der Waals surface area contributed by atoms with E-state index in [0.29, 0.717) is 37.0 Å². The van der Waals surface area contributed by atoms with Gasteiger partial charge in [-0.15, -0.1) is 11.8 Å². The van der Waals surface area contributed by atoms with Crippen molar-refractivity contribution in [3.63, 3.8) is 0 Å². The second-order valence-corrected chi connectivity index (χ2v) is 12.0. The third-order valence-electron chi connectivity index (χ3n) is 8.20. The van der Waals surface area contributed by atoms with Gasteiger partial charge in [0.05, 0.1) is 23.8 Å². The molecule has 41 heavy (non-hydrogen) atoms. The number of fused-ring (bicyclic) bond motifs is 1.